The Balaban J connectivity index is 1.83. The fourth-order valence-corrected chi connectivity index (χ4v) is 3.78. The molecule has 1 aromatic carbocycles. The van der Waals surface area contributed by atoms with Gasteiger partial charge in [0.25, 0.3) is 5.91 Å². The number of nitrogens with one attached hydrogen (secondary N) is 1. The fourth-order valence-electron chi connectivity index (χ4n) is 3.78. The lowest BCUT2D eigenvalue weighted by Gasteiger charge is -2.28. The van der Waals surface area contributed by atoms with E-state index in [4.69, 9.17) is 0 Å². The molecule has 1 saturated carbocycles. The van der Waals surface area contributed by atoms with Gasteiger partial charge in [-0.2, -0.15) is 0 Å². The molecule has 1 aromatic rings. The van der Waals surface area contributed by atoms with E-state index in [1.54, 1.807) is 0 Å². The van der Waals surface area contributed by atoms with Crippen LogP contribution in [0.15, 0.2) is 30.3 Å². The Morgan fingerprint density at radius 3 is 2.45 bits per heavy atom. The third kappa shape index (κ3) is 2.51. The normalized spacial score (nSPS) is 26.3. The minimum Gasteiger partial charge on any atom is -0.319 e. The van der Waals surface area contributed by atoms with Gasteiger partial charge in [0.2, 0.25) is 0 Å². The van der Waals surface area contributed by atoms with Gasteiger partial charge in [0.05, 0.1) is 0 Å². The van der Waals surface area contributed by atoms with Crippen molar-refractivity contribution in [3.8, 4) is 0 Å². The predicted octanol–water partition coefficient (Wildman–Crippen LogP) is 3.42. The second-order valence-electron chi connectivity index (χ2n) is 6.47. The summed E-state index contributed by atoms with van der Waals surface area (Å²) in [5, 5.41) is 2.96. The van der Waals surface area contributed by atoms with Crippen molar-refractivity contribution in [2.75, 3.05) is 6.54 Å². The summed E-state index contributed by atoms with van der Waals surface area (Å²) in [7, 11) is 0. The van der Waals surface area contributed by atoms with Crippen LogP contribution in [-0.4, -0.2) is 23.4 Å². The van der Waals surface area contributed by atoms with Gasteiger partial charge in [0, 0.05) is 6.54 Å². The highest BCUT2D eigenvalue weighted by molar-refractivity contribution is 6.07. The molecule has 1 heterocycles. The van der Waals surface area contributed by atoms with Crippen molar-refractivity contribution >= 4 is 11.9 Å². The first-order chi connectivity index (χ1) is 10.7. The summed E-state index contributed by atoms with van der Waals surface area (Å²) >= 11 is 0. The summed E-state index contributed by atoms with van der Waals surface area (Å²) in [5.41, 5.74) is -0.00509. The van der Waals surface area contributed by atoms with Gasteiger partial charge in [-0.3, -0.25) is 9.69 Å². The maximum absolute atomic E-state index is 13.0. The summed E-state index contributed by atoms with van der Waals surface area (Å²) in [6.07, 6.45) is 6.53. The van der Waals surface area contributed by atoms with Crippen LogP contribution in [0.4, 0.5) is 4.79 Å². The number of carbonyl (C=O) groups excluding carboxylic acids is 2. The smallest absolute Gasteiger partial charge is 0.319 e. The van der Waals surface area contributed by atoms with Gasteiger partial charge in [0.15, 0.2) is 0 Å². The van der Waals surface area contributed by atoms with Gasteiger partial charge in [0.1, 0.15) is 5.54 Å². The molecular formula is C18H24N2O2. The Labute approximate surface area is 131 Å². The van der Waals surface area contributed by atoms with Crippen LogP contribution < -0.4 is 5.32 Å². The molecule has 2 fully saturated rings. The van der Waals surface area contributed by atoms with Gasteiger partial charge >= 0.3 is 6.03 Å². The van der Waals surface area contributed by atoms with Crippen LogP contribution in [0.2, 0.25) is 0 Å². The lowest BCUT2D eigenvalue weighted by molar-refractivity contribution is -0.132. The highest BCUT2D eigenvalue weighted by Gasteiger charge is 2.51. The van der Waals surface area contributed by atoms with Gasteiger partial charge in [-0.15, -0.1) is 0 Å². The van der Waals surface area contributed by atoms with Crippen molar-refractivity contribution < 1.29 is 9.59 Å². The molecule has 1 aliphatic heterocycles. The van der Waals surface area contributed by atoms with Crippen LogP contribution in [0.3, 0.4) is 0 Å². The molecule has 4 nitrogen and oxygen atoms in total. The molecular weight excluding hydrogens is 276 g/mol. The molecule has 1 aliphatic carbocycles. The first kappa shape index (κ1) is 15.1. The van der Waals surface area contributed by atoms with Crippen LogP contribution in [0.25, 0.3) is 0 Å². The molecule has 0 spiro atoms. The van der Waals surface area contributed by atoms with Gasteiger partial charge in [-0.1, -0.05) is 56.5 Å². The second kappa shape index (κ2) is 6.11. The van der Waals surface area contributed by atoms with E-state index in [-0.39, 0.29) is 11.9 Å². The summed E-state index contributed by atoms with van der Waals surface area (Å²) in [6, 6.07) is 9.36. The number of carbonyl (C=O) groups is 2. The average molecular weight is 300 g/mol. The molecule has 3 amide bonds. The number of hydrogen-bond donors (Lipinski definition) is 1. The molecule has 118 valence electrons. The molecule has 0 bridgehead atoms. The Hall–Kier alpha value is -1.84. The molecule has 3 rings (SSSR count). The van der Waals surface area contributed by atoms with E-state index in [2.05, 4.69) is 5.32 Å². The summed E-state index contributed by atoms with van der Waals surface area (Å²) in [5.74, 6) is 0.378. The first-order valence-electron chi connectivity index (χ1n) is 8.37. The number of nitrogens with zero attached hydrogens (tertiary/aromatic N) is 1. The first-order valence-corrected chi connectivity index (χ1v) is 8.37. The molecule has 1 atom stereocenters. The number of rotatable bonds is 4. The van der Waals surface area contributed by atoms with E-state index >= 15 is 0 Å². The Kier molecular flexibility index (Phi) is 4.19. The average Bonchev–Trinajstić information content (AvgIpc) is 2.82. The minimum absolute atomic E-state index is 0.0863. The fraction of sp³-hybridized carbons (Fsp3) is 0.556. The molecule has 0 unspecified atom stereocenters. The number of urea groups is 1. The molecule has 0 aromatic heterocycles. The van der Waals surface area contributed by atoms with Crippen molar-refractivity contribution in [1.29, 1.82) is 0 Å². The van der Waals surface area contributed by atoms with E-state index in [9.17, 15) is 9.59 Å². The van der Waals surface area contributed by atoms with Gasteiger partial charge < -0.3 is 5.32 Å². The van der Waals surface area contributed by atoms with E-state index in [1.165, 1.54) is 24.2 Å². The maximum Gasteiger partial charge on any atom is 0.325 e. The van der Waals surface area contributed by atoms with Crippen molar-refractivity contribution in [1.82, 2.24) is 10.2 Å². The van der Waals surface area contributed by atoms with Gasteiger partial charge in [-0.05, 0) is 30.7 Å². The zero-order valence-corrected chi connectivity index (χ0v) is 13.2. The van der Waals surface area contributed by atoms with Crippen molar-refractivity contribution in [3.05, 3.63) is 35.9 Å². The topological polar surface area (TPSA) is 49.4 Å². The Bertz CT molecular complexity index is 551. The monoisotopic (exact) mass is 300 g/mol. The SMILES string of the molecule is CC[C@@]1(c2ccccc2)NC(=O)N(CC2CCCCC2)C1=O. The zero-order valence-electron chi connectivity index (χ0n) is 13.2. The van der Waals surface area contributed by atoms with Crippen LogP contribution in [0, 0.1) is 5.92 Å². The molecule has 4 heteroatoms. The molecule has 1 N–H and O–H groups in total. The maximum atomic E-state index is 13.0. The van der Waals surface area contributed by atoms with E-state index in [0.717, 1.165) is 18.4 Å². The molecule has 1 saturated heterocycles. The summed E-state index contributed by atoms with van der Waals surface area (Å²) < 4.78 is 0. The number of amides is 3. The van der Waals surface area contributed by atoms with Crippen molar-refractivity contribution in [2.45, 2.75) is 51.0 Å². The summed E-state index contributed by atoms with van der Waals surface area (Å²) in [6.45, 7) is 2.52. The quantitative estimate of drug-likeness (QED) is 0.866. The zero-order chi connectivity index (χ0) is 15.6. The number of hydrogen-bond acceptors (Lipinski definition) is 2. The molecule has 22 heavy (non-hydrogen) atoms. The standard InChI is InChI=1S/C18H24N2O2/c1-2-18(15-11-7-4-8-12-15)16(21)20(17(22)19-18)13-14-9-5-3-6-10-14/h4,7-8,11-12,14H,2-3,5-6,9-10,13H2,1H3,(H,19,22)/t18-/m0/s1. The Morgan fingerprint density at radius 1 is 1.14 bits per heavy atom. The highest BCUT2D eigenvalue weighted by atomic mass is 16.2. The van der Waals surface area contributed by atoms with E-state index in [0.29, 0.717) is 18.9 Å². The van der Waals surface area contributed by atoms with Crippen molar-refractivity contribution in [3.63, 3.8) is 0 Å². The van der Waals surface area contributed by atoms with E-state index in [1.807, 2.05) is 37.3 Å². The van der Waals surface area contributed by atoms with Crippen molar-refractivity contribution in [2.24, 2.45) is 5.92 Å². The lowest BCUT2D eigenvalue weighted by atomic mass is 9.86. The highest BCUT2D eigenvalue weighted by Crippen LogP contribution is 2.34. The predicted molar refractivity (Wildman–Crippen MR) is 85.2 cm³/mol. The second-order valence-corrected chi connectivity index (χ2v) is 6.47. The van der Waals surface area contributed by atoms with Crippen LogP contribution >= 0.6 is 0 Å². The van der Waals surface area contributed by atoms with Crippen LogP contribution in [0.5, 0.6) is 0 Å². The lowest BCUT2D eigenvalue weighted by Crippen LogP contribution is -2.43. The van der Waals surface area contributed by atoms with Gasteiger partial charge in [-0.25, -0.2) is 4.79 Å². The number of benzene rings is 1. The van der Waals surface area contributed by atoms with Crippen LogP contribution in [-0.2, 0) is 10.3 Å². The molecule has 0 radical (unpaired) electrons. The third-order valence-electron chi connectivity index (χ3n) is 5.14. The number of imide groups is 1. The van der Waals surface area contributed by atoms with Crippen LogP contribution in [0.1, 0.15) is 51.0 Å². The minimum atomic E-state index is -0.882. The van der Waals surface area contributed by atoms with E-state index < -0.39 is 5.54 Å². The molecule has 2 aliphatic rings. The third-order valence-corrected chi connectivity index (χ3v) is 5.14. The summed E-state index contributed by atoms with van der Waals surface area (Å²) in [4.78, 5) is 26.8. The largest absolute Gasteiger partial charge is 0.325 e. The Morgan fingerprint density at radius 2 is 1.82 bits per heavy atom.